The maximum Gasteiger partial charge on any atom is 0.315 e. The Balaban J connectivity index is 2.24. The van der Waals surface area contributed by atoms with Crippen LogP contribution in [-0.2, 0) is 14.3 Å². The van der Waals surface area contributed by atoms with Crippen molar-refractivity contribution in [2.24, 2.45) is 16.3 Å². The number of benzene rings is 1. The lowest BCUT2D eigenvalue weighted by molar-refractivity contribution is -0.143. The highest BCUT2D eigenvalue weighted by Gasteiger charge is 2.46. The number of carbonyl (C=O) groups is 2. The van der Waals surface area contributed by atoms with Crippen LogP contribution in [0, 0.1) is 11.3 Å². The Morgan fingerprint density at radius 1 is 1.14 bits per heavy atom. The quantitative estimate of drug-likeness (QED) is 0.739. The van der Waals surface area contributed by atoms with Gasteiger partial charge in [-0.3, -0.25) is 14.6 Å². The molecule has 0 spiro atoms. The number of hydrogen-bond donors (Lipinski definition) is 0. The van der Waals surface area contributed by atoms with E-state index in [2.05, 4.69) is 18.8 Å². The van der Waals surface area contributed by atoms with Crippen molar-refractivity contribution in [1.29, 1.82) is 0 Å². The van der Waals surface area contributed by atoms with Gasteiger partial charge in [0.25, 0.3) is 0 Å². The van der Waals surface area contributed by atoms with Gasteiger partial charge in [0.15, 0.2) is 5.78 Å². The van der Waals surface area contributed by atoms with Crippen LogP contribution in [0.1, 0.15) is 45.1 Å². The van der Waals surface area contributed by atoms with Crippen molar-refractivity contribution >= 4 is 17.5 Å². The lowest BCUT2D eigenvalue weighted by Gasteiger charge is -2.39. The maximum atomic E-state index is 13.2. The second-order valence-electron chi connectivity index (χ2n) is 8.14. The Morgan fingerprint density at radius 2 is 1.86 bits per heavy atom. The molecule has 1 aromatic rings. The highest BCUT2D eigenvalue weighted by atomic mass is 16.5. The van der Waals surface area contributed by atoms with Crippen LogP contribution in [0.3, 0.4) is 0 Å². The third-order valence-corrected chi connectivity index (χ3v) is 5.53. The molecule has 28 heavy (non-hydrogen) atoms. The Hall–Kier alpha value is -2.63. The number of rotatable bonds is 4. The van der Waals surface area contributed by atoms with Gasteiger partial charge < -0.3 is 14.2 Å². The van der Waals surface area contributed by atoms with Gasteiger partial charge in [-0.05, 0) is 24.8 Å². The second kappa shape index (κ2) is 7.41. The zero-order valence-electron chi connectivity index (χ0n) is 17.3. The van der Waals surface area contributed by atoms with Gasteiger partial charge >= 0.3 is 5.97 Å². The van der Waals surface area contributed by atoms with Crippen LogP contribution in [-0.4, -0.2) is 38.8 Å². The van der Waals surface area contributed by atoms with Crippen LogP contribution in [0.2, 0.25) is 0 Å². The molecule has 2 atom stereocenters. The first-order chi connectivity index (χ1) is 13.2. The lowest BCUT2D eigenvalue weighted by Crippen LogP contribution is -2.39. The molecule has 1 aliphatic heterocycles. The SMILES string of the molecule is COC(=O)C1C(C)=NC2=C(C(=O)CC(C)(C)C2)[C@H]1c1ccc(OC)cc1OC. The Kier molecular flexibility index (Phi) is 5.33. The zero-order valence-corrected chi connectivity index (χ0v) is 17.3. The van der Waals surface area contributed by atoms with Crippen LogP contribution in [0.15, 0.2) is 34.5 Å². The standard InChI is InChI=1S/C22H27NO5/c1-12-18(21(25)28-6)19(14-8-7-13(26-4)9-17(14)27-5)20-15(23-12)10-22(2,3)11-16(20)24/h7-9,18-19H,10-11H2,1-6H3/t18?,19-/m0/s1. The topological polar surface area (TPSA) is 74.2 Å². The van der Waals surface area contributed by atoms with E-state index in [1.807, 2.05) is 19.1 Å². The predicted molar refractivity (Wildman–Crippen MR) is 106 cm³/mol. The van der Waals surface area contributed by atoms with Crippen LogP contribution in [0.5, 0.6) is 11.5 Å². The number of ketones is 1. The van der Waals surface area contributed by atoms with Crippen molar-refractivity contribution < 1.29 is 23.8 Å². The van der Waals surface area contributed by atoms with Crippen LogP contribution < -0.4 is 9.47 Å². The summed E-state index contributed by atoms with van der Waals surface area (Å²) in [7, 11) is 4.50. The molecule has 0 saturated heterocycles. The number of allylic oxidation sites excluding steroid dienone is 2. The molecule has 1 heterocycles. The van der Waals surface area contributed by atoms with Crippen LogP contribution in [0.4, 0.5) is 0 Å². The Labute approximate surface area is 165 Å². The predicted octanol–water partition coefficient (Wildman–Crippen LogP) is 3.69. The highest BCUT2D eigenvalue weighted by molar-refractivity contribution is 6.09. The van der Waals surface area contributed by atoms with Gasteiger partial charge in [0.1, 0.15) is 17.4 Å². The number of hydrogen-bond acceptors (Lipinski definition) is 6. The molecule has 150 valence electrons. The van der Waals surface area contributed by atoms with Crippen molar-refractivity contribution in [2.75, 3.05) is 21.3 Å². The molecule has 0 N–H and O–H groups in total. The third-order valence-electron chi connectivity index (χ3n) is 5.53. The number of carbonyl (C=O) groups excluding carboxylic acids is 2. The van der Waals surface area contributed by atoms with E-state index in [1.54, 1.807) is 20.3 Å². The van der Waals surface area contributed by atoms with Crippen molar-refractivity contribution in [3.63, 3.8) is 0 Å². The molecule has 0 bridgehead atoms. The normalized spacial score (nSPS) is 23.6. The first kappa shape index (κ1) is 20.1. The average Bonchev–Trinajstić information content (AvgIpc) is 2.64. The van der Waals surface area contributed by atoms with E-state index in [0.717, 1.165) is 11.3 Å². The van der Waals surface area contributed by atoms with Gasteiger partial charge in [0, 0.05) is 41.0 Å². The van der Waals surface area contributed by atoms with Crippen molar-refractivity contribution in [3.05, 3.63) is 35.0 Å². The van der Waals surface area contributed by atoms with Crippen molar-refractivity contribution in [3.8, 4) is 11.5 Å². The molecular formula is C22H27NO5. The first-order valence-corrected chi connectivity index (χ1v) is 9.33. The zero-order chi connectivity index (χ0) is 20.6. The minimum atomic E-state index is -0.670. The molecule has 6 heteroatoms. The average molecular weight is 385 g/mol. The molecule has 0 radical (unpaired) electrons. The van der Waals surface area contributed by atoms with E-state index in [9.17, 15) is 9.59 Å². The number of nitrogens with zero attached hydrogens (tertiary/aromatic N) is 1. The molecule has 0 saturated carbocycles. The van der Waals surface area contributed by atoms with Gasteiger partial charge in [-0.15, -0.1) is 0 Å². The fourth-order valence-electron chi connectivity index (χ4n) is 4.29. The monoisotopic (exact) mass is 385 g/mol. The van der Waals surface area contributed by atoms with E-state index in [4.69, 9.17) is 14.2 Å². The highest BCUT2D eigenvalue weighted by Crippen LogP contribution is 2.49. The number of aliphatic imine (C=N–C) groups is 1. The molecule has 3 rings (SSSR count). The number of ether oxygens (including phenoxy) is 3. The molecule has 0 aromatic heterocycles. The van der Waals surface area contributed by atoms with Gasteiger partial charge in [-0.25, -0.2) is 0 Å². The number of methoxy groups -OCH3 is 3. The lowest BCUT2D eigenvalue weighted by atomic mass is 9.66. The molecule has 1 aromatic carbocycles. The minimum Gasteiger partial charge on any atom is -0.497 e. The van der Waals surface area contributed by atoms with Crippen LogP contribution >= 0.6 is 0 Å². The molecule has 0 fully saturated rings. The minimum absolute atomic E-state index is 0.0271. The summed E-state index contributed by atoms with van der Waals surface area (Å²) in [4.78, 5) is 30.5. The Bertz CT molecular complexity index is 881. The van der Waals surface area contributed by atoms with E-state index < -0.39 is 17.8 Å². The maximum absolute atomic E-state index is 13.2. The number of Topliss-reactive ketones (excluding diaryl/α,β-unsaturated/α-hetero) is 1. The summed E-state index contributed by atoms with van der Waals surface area (Å²) >= 11 is 0. The van der Waals surface area contributed by atoms with Gasteiger partial charge in [0.2, 0.25) is 0 Å². The smallest absolute Gasteiger partial charge is 0.315 e. The number of esters is 1. The van der Waals surface area contributed by atoms with Crippen molar-refractivity contribution in [2.45, 2.75) is 39.5 Å². The van der Waals surface area contributed by atoms with E-state index >= 15 is 0 Å². The molecule has 1 unspecified atom stereocenters. The van der Waals surface area contributed by atoms with Gasteiger partial charge in [-0.2, -0.15) is 0 Å². The summed E-state index contributed by atoms with van der Waals surface area (Å²) in [6, 6.07) is 5.43. The summed E-state index contributed by atoms with van der Waals surface area (Å²) in [5.74, 6) is -0.340. The molecular weight excluding hydrogens is 358 g/mol. The van der Waals surface area contributed by atoms with E-state index in [-0.39, 0.29) is 11.2 Å². The molecule has 2 aliphatic rings. The molecule has 6 nitrogen and oxygen atoms in total. The summed E-state index contributed by atoms with van der Waals surface area (Å²) in [5, 5.41) is 0. The fourth-order valence-corrected chi connectivity index (χ4v) is 4.29. The van der Waals surface area contributed by atoms with E-state index in [1.165, 1.54) is 7.11 Å². The third kappa shape index (κ3) is 3.43. The Morgan fingerprint density at radius 3 is 2.46 bits per heavy atom. The molecule has 0 amide bonds. The van der Waals surface area contributed by atoms with E-state index in [0.29, 0.717) is 35.6 Å². The summed E-state index contributed by atoms with van der Waals surface area (Å²) in [6.45, 7) is 5.95. The fraction of sp³-hybridized carbons (Fsp3) is 0.500. The molecule has 1 aliphatic carbocycles. The summed E-state index contributed by atoms with van der Waals surface area (Å²) in [5.41, 5.74) is 2.62. The van der Waals surface area contributed by atoms with Gasteiger partial charge in [-0.1, -0.05) is 19.9 Å². The summed E-state index contributed by atoms with van der Waals surface area (Å²) < 4.78 is 16.0. The largest absolute Gasteiger partial charge is 0.497 e. The van der Waals surface area contributed by atoms with Crippen molar-refractivity contribution in [1.82, 2.24) is 0 Å². The van der Waals surface area contributed by atoms with Crippen LogP contribution in [0.25, 0.3) is 0 Å². The second-order valence-corrected chi connectivity index (χ2v) is 8.14. The van der Waals surface area contributed by atoms with Gasteiger partial charge in [0.05, 0.1) is 21.3 Å². The first-order valence-electron chi connectivity index (χ1n) is 9.33. The summed E-state index contributed by atoms with van der Waals surface area (Å²) in [6.07, 6.45) is 1.11.